The SMILES string of the molecule is C=C[C@]1(C)C[C@@H]2OC(=O)C(CO)=C2C[C@H]1C1(C)CO1. The highest BCUT2D eigenvalue weighted by Gasteiger charge is 2.58. The van der Waals surface area contributed by atoms with E-state index in [1.54, 1.807) is 0 Å². The van der Waals surface area contributed by atoms with Crippen molar-refractivity contribution in [1.82, 2.24) is 0 Å². The van der Waals surface area contributed by atoms with Gasteiger partial charge >= 0.3 is 5.97 Å². The van der Waals surface area contributed by atoms with Crippen LogP contribution in [0.25, 0.3) is 0 Å². The standard InChI is InChI=1S/C15H20O4/c1-4-14(2)6-11-9(10(7-16)13(17)19-11)5-12(14)15(3)8-18-15/h4,11-12,16H,1,5-8H2,2-3H3/t11-,12+,14+,15?/m0/s1. The summed E-state index contributed by atoms with van der Waals surface area (Å²) in [5, 5.41) is 9.36. The van der Waals surface area contributed by atoms with E-state index in [2.05, 4.69) is 20.4 Å². The van der Waals surface area contributed by atoms with Gasteiger partial charge in [-0.15, -0.1) is 6.58 Å². The Labute approximate surface area is 113 Å². The number of rotatable bonds is 3. The molecule has 0 amide bonds. The molecule has 0 aromatic heterocycles. The maximum atomic E-state index is 11.7. The minimum absolute atomic E-state index is 0.107. The lowest BCUT2D eigenvalue weighted by atomic mass is 9.61. The summed E-state index contributed by atoms with van der Waals surface area (Å²) in [6, 6.07) is 0. The Bertz CT molecular complexity index is 475. The third-order valence-electron chi connectivity index (χ3n) is 5.08. The number of ether oxygens (including phenoxy) is 2. The fourth-order valence-corrected chi connectivity index (χ4v) is 3.63. The average molecular weight is 264 g/mol. The third-order valence-corrected chi connectivity index (χ3v) is 5.08. The summed E-state index contributed by atoms with van der Waals surface area (Å²) in [6.45, 7) is 8.73. The first kappa shape index (κ1) is 12.9. The lowest BCUT2D eigenvalue weighted by molar-refractivity contribution is -0.142. The van der Waals surface area contributed by atoms with Gasteiger partial charge < -0.3 is 14.6 Å². The summed E-state index contributed by atoms with van der Waals surface area (Å²) in [5.41, 5.74) is 1.18. The van der Waals surface area contributed by atoms with Crippen molar-refractivity contribution in [3.63, 3.8) is 0 Å². The van der Waals surface area contributed by atoms with E-state index in [1.807, 2.05) is 6.08 Å². The lowest BCUT2D eigenvalue weighted by Crippen LogP contribution is -2.43. The molecule has 4 heteroatoms. The highest BCUT2D eigenvalue weighted by Crippen LogP contribution is 2.56. The van der Waals surface area contributed by atoms with E-state index in [1.165, 1.54) is 0 Å². The van der Waals surface area contributed by atoms with Crippen molar-refractivity contribution in [3.05, 3.63) is 23.8 Å². The van der Waals surface area contributed by atoms with Crippen LogP contribution in [0.3, 0.4) is 0 Å². The van der Waals surface area contributed by atoms with Gasteiger partial charge in [0.1, 0.15) is 6.10 Å². The van der Waals surface area contributed by atoms with Gasteiger partial charge in [-0.3, -0.25) is 0 Å². The summed E-state index contributed by atoms with van der Waals surface area (Å²) >= 11 is 0. The minimum atomic E-state index is -0.364. The monoisotopic (exact) mass is 264 g/mol. The zero-order chi connectivity index (χ0) is 13.8. The molecule has 0 spiro atoms. The number of esters is 1. The van der Waals surface area contributed by atoms with E-state index < -0.39 is 0 Å². The van der Waals surface area contributed by atoms with Crippen LogP contribution in [0.2, 0.25) is 0 Å². The summed E-state index contributed by atoms with van der Waals surface area (Å²) in [4.78, 5) is 11.7. The first-order valence-corrected chi connectivity index (χ1v) is 6.75. The Kier molecular flexibility index (Phi) is 2.67. The molecule has 0 aromatic rings. The number of carbonyl (C=O) groups is 1. The van der Waals surface area contributed by atoms with E-state index >= 15 is 0 Å². The highest BCUT2D eigenvalue weighted by molar-refractivity contribution is 5.92. The number of aliphatic hydroxyl groups excluding tert-OH is 1. The van der Waals surface area contributed by atoms with Gasteiger partial charge in [0, 0.05) is 5.92 Å². The summed E-state index contributed by atoms with van der Waals surface area (Å²) in [5.74, 6) is -0.0868. The van der Waals surface area contributed by atoms with Crippen molar-refractivity contribution >= 4 is 5.97 Å². The first-order chi connectivity index (χ1) is 8.93. The van der Waals surface area contributed by atoms with Crippen molar-refractivity contribution in [1.29, 1.82) is 0 Å². The molecule has 2 heterocycles. The van der Waals surface area contributed by atoms with Crippen LogP contribution >= 0.6 is 0 Å². The molecule has 1 saturated heterocycles. The van der Waals surface area contributed by atoms with Crippen molar-refractivity contribution in [2.75, 3.05) is 13.2 Å². The number of allylic oxidation sites excluding steroid dienone is 1. The van der Waals surface area contributed by atoms with E-state index in [9.17, 15) is 9.90 Å². The number of epoxide rings is 1. The van der Waals surface area contributed by atoms with Crippen molar-refractivity contribution in [2.45, 2.75) is 38.4 Å². The number of carbonyl (C=O) groups excluding carboxylic acids is 1. The highest BCUT2D eigenvalue weighted by atomic mass is 16.6. The van der Waals surface area contributed by atoms with E-state index in [4.69, 9.17) is 9.47 Å². The summed E-state index contributed by atoms with van der Waals surface area (Å²) < 4.78 is 11.0. The van der Waals surface area contributed by atoms with Gasteiger partial charge in [0.15, 0.2) is 0 Å². The second-order valence-corrected chi connectivity index (χ2v) is 6.33. The van der Waals surface area contributed by atoms with Crippen LogP contribution in [-0.2, 0) is 14.3 Å². The van der Waals surface area contributed by atoms with Crippen LogP contribution in [0.15, 0.2) is 23.8 Å². The quantitative estimate of drug-likeness (QED) is 0.478. The smallest absolute Gasteiger partial charge is 0.337 e. The van der Waals surface area contributed by atoms with Crippen molar-refractivity contribution < 1.29 is 19.4 Å². The molecule has 1 aliphatic carbocycles. The largest absolute Gasteiger partial charge is 0.454 e. The molecule has 2 aliphatic heterocycles. The van der Waals surface area contributed by atoms with Gasteiger partial charge in [-0.25, -0.2) is 4.79 Å². The molecule has 3 aliphatic rings. The topological polar surface area (TPSA) is 59.1 Å². The Morgan fingerprint density at radius 3 is 2.74 bits per heavy atom. The van der Waals surface area contributed by atoms with Crippen LogP contribution in [0.5, 0.6) is 0 Å². The third kappa shape index (κ3) is 1.77. The fourth-order valence-electron chi connectivity index (χ4n) is 3.63. The molecule has 19 heavy (non-hydrogen) atoms. The second-order valence-electron chi connectivity index (χ2n) is 6.33. The van der Waals surface area contributed by atoms with Gasteiger partial charge in [-0.2, -0.15) is 0 Å². The molecule has 2 fully saturated rings. The average Bonchev–Trinajstić information content (AvgIpc) is 3.03. The fraction of sp³-hybridized carbons (Fsp3) is 0.667. The van der Waals surface area contributed by atoms with E-state index in [0.29, 0.717) is 5.57 Å². The zero-order valence-corrected chi connectivity index (χ0v) is 11.4. The Hall–Kier alpha value is -1.13. The predicted octanol–water partition coefficient (Wildman–Crippen LogP) is 1.59. The van der Waals surface area contributed by atoms with Gasteiger partial charge in [0.25, 0.3) is 0 Å². The predicted molar refractivity (Wildman–Crippen MR) is 69.4 cm³/mol. The number of hydrogen-bond acceptors (Lipinski definition) is 4. The maximum absolute atomic E-state index is 11.7. The Balaban J connectivity index is 1.99. The van der Waals surface area contributed by atoms with Crippen LogP contribution in [0.1, 0.15) is 26.7 Å². The molecular formula is C15H20O4. The summed E-state index contributed by atoms with van der Waals surface area (Å²) in [6.07, 6.45) is 3.23. The Morgan fingerprint density at radius 2 is 2.21 bits per heavy atom. The number of aliphatic hydroxyl groups is 1. The molecule has 104 valence electrons. The van der Waals surface area contributed by atoms with E-state index in [-0.39, 0.29) is 35.6 Å². The molecule has 1 N–H and O–H groups in total. The van der Waals surface area contributed by atoms with Gasteiger partial charge in [0.05, 0.1) is 24.4 Å². The maximum Gasteiger partial charge on any atom is 0.337 e. The number of fused-ring (bicyclic) bond motifs is 1. The zero-order valence-electron chi connectivity index (χ0n) is 11.4. The van der Waals surface area contributed by atoms with Crippen LogP contribution in [0.4, 0.5) is 0 Å². The molecule has 0 aromatic carbocycles. The van der Waals surface area contributed by atoms with Crippen LogP contribution < -0.4 is 0 Å². The molecule has 0 bridgehead atoms. The molecule has 4 nitrogen and oxygen atoms in total. The Morgan fingerprint density at radius 1 is 1.53 bits per heavy atom. The number of hydrogen-bond donors (Lipinski definition) is 1. The van der Waals surface area contributed by atoms with E-state index in [0.717, 1.165) is 25.0 Å². The second kappa shape index (κ2) is 3.93. The normalized spacial score (nSPS) is 44.9. The van der Waals surface area contributed by atoms with Gasteiger partial charge in [-0.1, -0.05) is 13.0 Å². The summed E-state index contributed by atoms with van der Waals surface area (Å²) in [7, 11) is 0. The molecular weight excluding hydrogens is 244 g/mol. The first-order valence-electron chi connectivity index (χ1n) is 6.75. The van der Waals surface area contributed by atoms with Crippen molar-refractivity contribution in [2.24, 2.45) is 11.3 Å². The molecule has 3 rings (SSSR count). The lowest BCUT2D eigenvalue weighted by Gasteiger charge is -2.44. The molecule has 1 saturated carbocycles. The van der Waals surface area contributed by atoms with Crippen molar-refractivity contribution in [3.8, 4) is 0 Å². The van der Waals surface area contributed by atoms with Crippen LogP contribution in [0, 0.1) is 11.3 Å². The van der Waals surface area contributed by atoms with Gasteiger partial charge in [0.2, 0.25) is 0 Å². The van der Waals surface area contributed by atoms with Crippen LogP contribution in [-0.4, -0.2) is 36.0 Å². The molecule has 0 radical (unpaired) electrons. The van der Waals surface area contributed by atoms with Gasteiger partial charge in [-0.05, 0) is 30.8 Å². The molecule has 1 unspecified atom stereocenters. The minimum Gasteiger partial charge on any atom is -0.454 e. The molecule has 4 atom stereocenters.